The number of carboxylic acid groups (broad SMARTS) is 1. The van der Waals surface area contributed by atoms with Crippen molar-refractivity contribution in [2.24, 2.45) is 0 Å². The first-order valence-electron chi connectivity index (χ1n) is 6.23. The van der Waals surface area contributed by atoms with Crippen LogP contribution in [0.2, 0.25) is 0 Å². The van der Waals surface area contributed by atoms with Crippen molar-refractivity contribution in [3.8, 4) is 0 Å². The van der Waals surface area contributed by atoms with Gasteiger partial charge in [-0.05, 0) is 12.1 Å². The summed E-state index contributed by atoms with van der Waals surface area (Å²) in [7, 11) is 0. The van der Waals surface area contributed by atoms with Gasteiger partial charge in [0.1, 0.15) is 10.9 Å². The highest BCUT2D eigenvalue weighted by Crippen LogP contribution is 2.33. The average Bonchev–Trinajstić information content (AvgIpc) is 2.75. The molecule has 2 heterocycles. The minimum Gasteiger partial charge on any atom is -0.480 e. The van der Waals surface area contributed by atoms with Crippen molar-refractivity contribution in [2.45, 2.75) is 0 Å². The molecule has 110 valence electrons. The van der Waals surface area contributed by atoms with E-state index in [2.05, 4.69) is 9.97 Å². The van der Waals surface area contributed by atoms with Crippen LogP contribution in [0.3, 0.4) is 0 Å². The number of nitrogens with zero attached hydrogens (tertiary/aromatic N) is 3. The lowest BCUT2D eigenvalue weighted by molar-refractivity contribution is -0.140. The van der Waals surface area contributed by atoms with Gasteiger partial charge in [-0.25, -0.2) is 0 Å². The summed E-state index contributed by atoms with van der Waals surface area (Å²) < 4.78 is 0.241. The minimum atomic E-state index is -1.10. The lowest BCUT2D eigenvalue weighted by atomic mass is 10.1. The van der Waals surface area contributed by atoms with Crippen LogP contribution in [0.25, 0.3) is 17.1 Å². The number of thioether (sulfide) groups is 1. The van der Waals surface area contributed by atoms with Crippen LogP contribution in [-0.2, 0) is 9.59 Å². The number of fused-ring (bicyclic) bond motifs is 1. The Morgan fingerprint density at radius 3 is 2.91 bits per heavy atom. The second kappa shape index (κ2) is 5.82. The van der Waals surface area contributed by atoms with Gasteiger partial charge in [-0.3, -0.25) is 24.5 Å². The maximum atomic E-state index is 12.2. The molecule has 0 atom stereocenters. The third-order valence-electron chi connectivity index (χ3n) is 2.98. The number of carbonyl (C=O) groups excluding carboxylic acids is 1. The smallest absolute Gasteiger partial charge is 0.323 e. The quantitative estimate of drug-likeness (QED) is 0.679. The van der Waals surface area contributed by atoms with Crippen molar-refractivity contribution in [1.29, 1.82) is 0 Å². The number of hydrogen-bond acceptors (Lipinski definition) is 6. The zero-order chi connectivity index (χ0) is 15.7. The highest BCUT2D eigenvalue weighted by atomic mass is 32.2. The molecule has 0 unspecified atom stereocenters. The molecular weight excluding hydrogens is 322 g/mol. The first-order valence-corrected chi connectivity index (χ1v) is 7.45. The molecule has 0 bridgehead atoms. The van der Waals surface area contributed by atoms with Gasteiger partial charge < -0.3 is 5.11 Å². The number of carboxylic acids is 1. The van der Waals surface area contributed by atoms with Crippen LogP contribution in [0, 0.1) is 0 Å². The number of hydrogen-bond donors (Lipinski definition) is 1. The van der Waals surface area contributed by atoms with Crippen LogP contribution in [-0.4, -0.2) is 42.7 Å². The van der Waals surface area contributed by atoms with Crippen LogP contribution in [0.1, 0.15) is 5.56 Å². The molecule has 1 aliphatic heterocycles. The predicted molar refractivity (Wildman–Crippen MR) is 87.1 cm³/mol. The van der Waals surface area contributed by atoms with Gasteiger partial charge >= 0.3 is 5.97 Å². The fourth-order valence-electron chi connectivity index (χ4n) is 2.04. The Hall–Kier alpha value is -2.32. The van der Waals surface area contributed by atoms with E-state index in [1.165, 1.54) is 0 Å². The molecule has 1 amide bonds. The van der Waals surface area contributed by atoms with Gasteiger partial charge in [0.25, 0.3) is 5.91 Å². The Morgan fingerprint density at radius 1 is 1.36 bits per heavy atom. The summed E-state index contributed by atoms with van der Waals surface area (Å²) in [6.45, 7) is -0.433. The molecule has 2 aromatic rings. The Labute approximate surface area is 134 Å². The highest BCUT2D eigenvalue weighted by molar-refractivity contribution is 8.26. The van der Waals surface area contributed by atoms with Crippen LogP contribution in [0.4, 0.5) is 0 Å². The summed E-state index contributed by atoms with van der Waals surface area (Å²) in [5.41, 5.74) is 2.13. The number of amides is 1. The van der Waals surface area contributed by atoms with Crippen LogP contribution < -0.4 is 0 Å². The van der Waals surface area contributed by atoms with Gasteiger partial charge in [0.15, 0.2) is 0 Å². The molecule has 0 spiro atoms. The predicted octanol–water partition coefficient (Wildman–Crippen LogP) is 1.92. The highest BCUT2D eigenvalue weighted by Gasteiger charge is 2.33. The SMILES string of the molecule is O=C(O)CN1C(=O)C(=Cc2cccc3nccnc23)SC1=S. The Kier molecular flexibility index (Phi) is 3.86. The van der Waals surface area contributed by atoms with Crippen molar-refractivity contribution in [2.75, 3.05) is 6.54 Å². The molecule has 3 rings (SSSR count). The third-order valence-corrected chi connectivity index (χ3v) is 4.36. The van der Waals surface area contributed by atoms with Crippen LogP contribution in [0.5, 0.6) is 0 Å². The zero-order valence-electron chi connectivity index (χ0n) is 11.1. The van der Waals surface area contributed by atoms with E-state index < -0.39 is 18.4 Å². The first-order chi connectivity index (χ1) is 10.6. The van der Waals surface area contributed by atoms with E-state index in [1.54, 1.807) is 18.5 Å². The third kappa shape index (κ3) is 2.70. The molecule has 8 heteroatoms. The summed E-state index contributed by atoms with van der Waals surface area (Å²) in [6.07, 6.45) is 4.84. The van der Waals surface area contributed by atoms with Gasteiger partial charge in [0.2, 0.25) is 0 Å². The van der Waals surface area contributed by atoms with Gasteiger partial charge in [0, 0.05) is 18.0 Å². The van der Waals surface area contributed by atoms with E-state index in [1.807, 2.05) is 18.2 Å². The van der Waals surface area contributed by atoms with Gasteiger partial charge in [-0.1, -0.05) is 36.1 Å². The van der Waals surface area contributed by atoms with Crippen molar-refractivity contribution in [3.63, 3.8) is 0 Å². The van der Waals surface area contributed by atoms with E-state index >= 15 is 0 Å². The summed E-state index contributed by atoms with van der Waals surface area (Å²) in [5.74, 6) is -1.51. The van der Waals surface area contributed by atoms with Gasteiger partial charge in [-0.15, -0.1) is 0 Å². The number of aromatic nitrogens is 2. The second-order valence-electron chi connectivity index (χ2n) is 4.43. The molecule has 1 aromatic heterocycles. The molecule has 1 N–H and O–H groups in total. The van der Waals surface area contributed by atoms with E-state index in [0.717, 1.165) is 27.7 Å². The van der Waals surface area contributed by atoms with Gasteiger partial charge in [-0.2, -0.15) is 0 Å². The number of carbonyl (C=O) groups is 2. The van der Waals surface area contributed by atoms with E-state index in [4.69, 9.17) is 17.3 Å². The van der Waals surface area contributed by atoms with Crippen molar-refractivity contribution in [3.05, 3.63) is 41.1 Å². The Balaban J connectivity index is 2.00. The molecule has 22 heavy (non-hydrogen) atoms. The average molecular weight is 331 g/mol. The van der Waals surface area contributed by atoms with Crippen molar-refractivity contribution < 1.29 is 14.7 Å². The summed E-state index contributed by atoms with van der Waals surface area (Å²) in [6, 6.07) is 5.47. The largest absolute Gasteiger partial charge is 0.480 e. The zero-order valence-corrected chi connectivity index (χ0v) is 12.7. The number of rotatable bonds is 3. The van der Waals surface area contributed by atoms with Crippen LogP contribution >= 0.6 is 24.0 Å². The van der Waals surface area contributed by atoms with Gasteiger partial charge in [0.05, 0.1) is 15.9 Å². The number of benzene rings is 1. The maximum Gasteiger partial charge on any atom is 0.323 e. The molecule has 0 radical (unpaired) electrons. The lowest BCUT2D eigenvalue weighted by Gasteiger charge is -2.10. The number of thiocarbonyl (C=S) groups is 1. The fourth-order valence-corrected chi connectivity index (χ4v) is 3.29. The standard InChI is InChI=1S/C14H9N3O3S2/c18-11(19)7-17-13(20)10(22-14(17)21)6-8-2-1-3-9-12(8)16-5-4-15-9/h1-6H,7H2,(H,18,19). The summed E-state index contributed by atoms with van der Waals surface area (Å²) in [5, 5.41) is 8.83. The summed E-state index contributed by atoms with van der Waals surface area (Å²) in [4.78, 5) is 33.0. The summed E-state index contributed by atoms with van der Waals surface area (Å²) >= 11 is 6.15. The normalized spacial score (nSPS) is 16.7. The fraction of sp³-hybridized carbons (Fsp3) is 0.0714. The maximum absolute atomic E-state index is 12.2. The minimum absolute atomic E-state index is 0.241. The number of para-hydroxylation sites is 1. The molecule has 6 nitrogen and oxygen atoms in total. The van der Waals surface area contributed by atoms with E-state index in [-0.39, 0.29) is 4.32 Å². The first kappa shape index (κ1) is 14.6. The molecule has 1 fully saturated rings. The molecule has 1 saturated heterocycles. The molecular formula is C14H9N3O3S2. The number of aliphatic carboxylic acids is 1. The Morgan fingerprint density at radius 2 is 2.14 bits per heavy atom. The van der Waals surface area contributed by atoms with E-state index in [9.17, 15) is 9.59 Å². The van der Waals surface area contributed by atoms with Crippen molar-refractivity contribution >= 4 is 57.3 Å². The molecule has 0 saturated carbocycles. The van der Waals surface area contributed by atoms with E-state index in [0.29, 0.717) is 10.4 Å². The lowest BCUT2D eigenvalue weighted by Crippen LogP contribution is -2.33. The Bertz CT molecular complexity index is 830. The molecule has 1 aromatic carbocycles. The van der Waals surface area contributed by atoms with Crippen molar-refractivity contribution in [1.82, 2.24) is 14.9 Å². The van der Waals surface area contributed by atoms with Crippen LogP contribution in [0.15, 0.2) is 35.5 Å². The monoisotopic (exact) mass is 331 g/mol. The molecule has 0 aliphatic carbocycles. The second-order valence-corrected chi connectivity index (χ2v) is 6.11. The molecule has 1 aliphatic rings. The topological polar surface area (TPSA) is 83.4 Å².